The summed E-state index contributed by atoms with van der Waals surface area (Å²) in [7, 11) is 1.64. The van der Waals surface area contributed by atoms with Crippen LogP contribution in [-0.2, 0) is 9.59 Å². The Kier molecular flexibility index (Phi) is 6.84. The molecule has 1 saturated heterocycles. The smallest absolute Gasteiger partial charge is 0.247 e. The topological polar surface area (TPSA) is 102 Å². The van der Waals surface area contributed by atoms with Crippen LogP contribution in [0.5, 0.6) is 5.75 Å². The molecule has 5 atom stereocenters. The van der Waals surface area contributed by atoms with Gasteiger partial charge in [-0.3, -0.25) is 9.59 Å². The van der Waals surface area contributed by atoms with E-state index in [9.17, 15) is 19.8 Å². The molecule has 3 N–H and O–H groups in total. The van der Waals surface area contributed by atoms with Gasteiger partial charge in [0.25, 0.3) is 0 Å². The Morgan fingerprint density at radius 2 is 1.85 bits per heavy atom. The third kappa shape index (κ3) is 4.05. The molecule has 2 bridgehead atoms. The van der Waals surface area contributed by atoms with Crippen molar-refractivity contribution < 1.29 is 24.5 Å². The molecule has 5 unspecified atom stereocenters. The molecule has 0 spiro atoms. The van der Waals surface area contributed by atoms with E-state index in [0.717, 1.165) is 24.3 Å². The van der Waals surface area contributed by atoms with E-state index < -0.39 is 18.8 Å². The molecule has 34 heavy (non-hydrogen) atoms. The second-order valence-electron chi connectivity index (χ2n) is 10.9. The van der Waals surface area contributed by atoms with E-state index in [-0.39, 0.29) is 40.9 Å². The van der Waals surface area contributed by atoms with Crippen LogP contribution >= 0.6 is 0 Å². The normalized spacial score (nSPS) is 30.8. The minimum Gasteiger partial charge on any atom is -0.495 e. The summed E-state index contributed by atoms with van der Waals surface area (Å²) < 4.78 is 5.45. The molecule has 1 heterocycles. The van der Waals surface area contributed by atoms with Crippen molar-refractivity contribution in [2.75, 3.05) is 44.8 Å². The van der Waals surface area contributed by atoms with Gasteiger partial charge in [0.2, 0.25) is 11.8 Å². The van der Waals surface area contributed by atoms with E-state index in [1.165, 1.54) is 0 Å². The number of nitrogens with zero attached hydrogens (tertiary/aromatic N) is 2. The largest absolute Gasteiger partial charge is 0.495 e. The number of amides is 2. The van der Waals surface area contributed by atoms with Crippen LogP contribution in [-0.4, -0.2) is 79.0 Å². The third-order valence-corrected chi connectivity index (χ3v) is 9.20. The Bertz CT molecular complexity index is 913. The Morgan fingerprint density at radius 1 is 1.18 bits per heavy atom. The molecule has 2 saturated carbocycles. The zero-order valence-corrected chi connectivity index (χ0v) is 20.8. The maximum atomic E-state index is 13.1. The highest BCUT2D eigenvalue weighted by Gasteiger charge is 2.65. The van der Waals surface area contributed by atoms with E-state index in [1.54, 1.807) is 12.0 Å². The summed E-state index contributed by atoms with van der Waals surface area (Å²) in [5.41, 5.74) is 0.783. The molecular formula is C26H39N3O5. The van der Waals surface area contributed by atoms with Gasteiger partial charge in [0.15, 0.2) is 0 Å². The Balaban J connectivity index is 1.33. The van der Waals surface area contributed by atoms with Crippen LogP contribution in [0.15, 0.2) is 24.3 Å². The van der Waals surface area contributed by atoms with Gasteiger partial charge in [-0.25, -0.2) is 0 Å². The molecule has 3 fully saturated rings. The number of para-hydroxylation sites is 2. The molecule has 2 amide bonds. The first-order chi connectivity index (χ1) is 16.1. The predicted molar refractivity (Wildman–Crippen MR) is 130 cm³/mol. The van der Waals surface area contributed by atoms with Gasteiger partial charge in [-0.1, -0.05) is 32.9 Å². The monoisotopic (exact) mass is 473 g/mol. The van der Waals surface area contributed by atoms with Crippen molar-refractivity contribution in [1.82, 2.24) is 10.2 Å². The zero-order chi connectivity index (χ0) is 24.7. The molecule has 0 radical (unpaired) electrons. The summed E-state index contributed by atoms with van der Waals surface area (Å²) in [5.74, 6) is 0.409. The van der Waals surface area contributed by atoms with Crippen LogP contribution in [0.25, 0.3) is 0 Å². The predicted octanol–water partition coefficient (Wildman–Crippen LogP) is 1.64. The van der Waals surface area contributed by atoms with Gasteiger partial charge in [-0.15, -0.1) is 0 Å². The van der Waals surface area contributed by atoms with Crippen LogP contribution in [0.3, 0.4) is 0 Å². The fourth-order valence-corrected chi connectivity index (χ4v) is 6.72. The lowest BCUT2D eigenvalue weighted by Gasteiger charge is -2.38. The highest BCUT2D eigenvalue weighted by atomic mass is 16.5. The summed E-state index contributed by atoms with van der Waals surface area (Å²) in [4.78, 5) is 29.8. The number of anilines is 1. The number of carbonyl (C=O) groups is 2. The Labute approximate surface area is 202 Å². The lowest BCUT2D eigenvalue weighted by molar-refractivity contribution is -0.138. The zero-order valence-electron chi connectivity index (χ0n) is 20.8. The highest BCUT2D eigenvalue weighted by Crippen LogP contribution is 2.68. The van der Waals surface area contributed by atoms with Crippen molar-refractivity contribution in [2.45, 2.75) is 52.2 Å². The number of benzene rings is 1. The van der Waals surface area contributed by atoms with Crippen LogP contribution in [0.1, 0.15) is 40.0 Å². The first kappa shape index (κ1) is 24.8. The number of fused-ring (bicyclic) bond motifs is 2. The Hall–Kier alpha value is -2.32. The number of aliphatic hydroxyl groups is 2. The molecule has 188 valence electrons. The molecule has 8 heteroatoms. The number of hydrogen-bond donors (Lipinski definition) is 3. The molecule has 1 aromatic rings. The lowest BCUT2D eigenvalue weighted by Crippen LogP contribution is -2.56. The second-order valence-corrected chi connectivity index (χ2v) is 10.9. The average Bonchev–Trinajstić information content (AvgIpc) is 3.15. The minimum atomic E-state index is -0.968. The van der Waals surface area contributed by atoms with E-state index in [0.29, 0.717) is 26.2 Å². The van der Waals surface area contributed by atoms with Crippen LogP contribution < -0.4 is 15.0 Å². The van der Waals surface area contributed by atoms with Crippen molar-refractivity contribution >= 4 is 17.5 Å². The molecule has 4 rings (SSSR count). The van der Waals surface area contributed by atoms with Crippen molar-refractivity contribution in [3.63, 3.8) is 0 Å². The number of piperazine rings is 1. The van der Waals surface area contributed by atoms with E-state index in [1.807, 2.05) is 24.3 Å². The fourth-order valence-electron chi connectivity index (χ4n) is 6.72. The van der Waals surface area contributed by atoms with Crippen molar-refractivity contribution in [2.24, 2.45) is 22.7 Å². The summed E-state index contributed by atoms with van der Waals surface area (Å²) in [6.07, 6.45) is 1.63. The average molecular weight is 474 g/mol. The van der Waals surface area contributed by atoms with Crippen molar-refractivity contribution in [1.29, 1.82) is 0 Å². The van der Waals surface area contributed by atoms with Crippen LogP contribution in [0, 0.1) is 22.7 Å². The maximum Gasteiger partial charge on any atom is 0.247 e. The molecule has 3 aliphatic rings. The molecule has 8 nitrogen and oxygen atoms in total. The number of carbonyl (C=O) groups excluding carboxylic acids is 2. The highest BCUT2D eigenvalue weighted by molar-refractivity contribution is 5.88. The van der Waals surface area contributed by atoms with Gasteiger partial charge in [0, 0.05) is 32.6 Å². The second kappa shape index (κ2) is 9.38. The number of rotatable bonds is 7. The van der Waals surface area contributed by atoms with E-state index in [4.69, 9.17) is 4.74 Å². The van der Waals surface area contributed by atoms with Crippen molar-refractivity contribution in [3.8, 4) is 5.75 Å². The summed E-state index contributed by atoms with van der Waals surface area (Å²) in [6, 6.07) is 6.83. The van der Waals surface area contributed by atoms with E-state index in [2.05, 4.69) is 31.0 Å². The Morgan fingerprint density at radius 3 is 2.44 bits per heavy atom. The lowest BCUT2D eigenvalue weighted by atomic mass is 9.70. The first-order valence-electron chi connectivity index (χ1n) is 12.4. The third-order valence-electron chi connectivity index (χ3n) is 9.20. The SMILES string of the molecule is COc1ccccc1N1CCN(C(=O)C(CO)NC(=O)CC2C3CCC(C)(C2O)C3(C)C)CC1. The summed E-state index contributed by atoms with van der Waals surface area (Å²) in [6.45, 7) is 8.34. The van der Waals surface area contributed by atoms with Gasteiger partial charge >= 0.3 is 0 Å². The molecule has 1 aromatic carbocycles. The number of nitrogens with one attached hydrogen (secondary N) is 1. The van der Waals surface area contributed by atoms with E-state index >= 15 is 0 Å². The van der Waals surface area contributed by atoms with Gasteiger partial charge in [-0.05, 0) is 47.6 Å². The van der Waals surface area contributed by atoms with Crippen LogP contribution in [0.2, 0.25) is 0 Å². The molecule has 1 aliphatic heterocycles. The molecule has 2 aliphatic carbocycles. The first-order valence-corrected chi connectivity index (χ1v) is 12.4. The number of aliphatic hydroxyl groups excluding tert-OH is 2. The summed E-state index contributed by atoms with van der Waals surface area (Å²) >= 11 is 0. The van der Waals surface area contributed by atoms with Crippen molar-refractivity contribution in [3.05, 3.63) is 24.3 Å². The standard InChI is InChI=1S/C26H39N3O5/c1-25(2)18-9-10-26(25,3)23(32)17(18)15-22(31)27-19(16-30)24(33)29-13-11-28(12-14-29)20-7-5-6-8-21(20)34-4/h5-8,17-19,23,30,32H,9-16H2,1-4H3,(H,27,31). The number of methoxy groups -OCH3 is 1. The van der Waals surface area contributed by atoms with Gasteiger partial charge in [0.05, 0.1) is 25.5 Å². The van der Waals surface area contributed by atoms with Gasteiger partial charge in [-0.2, -0.15) is 0 Å². The van der Waals surface area contributed by atoms with Gasteiger partial charge in [0.1, 0.15) is 11.8 Å². The quantitative estimate of drug-likeness (QED) is 0.557. The molecule has 0 aromatic heterocycles. The van der Waals surface area contributed by atoms with Gasteiger partial charge < -0.3 is 30.1 Å². The number of ether oxygens (including phenoxy) is 1. The minimum absolute atomic E-state index is 0.0231. The fraction of sp³-hybridized carbons (Fsp3) is 0.692. The molecular weight excluding hydrogens is 434 g/mol. The van der Waals surface area contributed by atoms with Crippen LogP contribution in [0.4, 0.5) is 5.69 Å². The maximum absolute atomic E-state index is 13.1. The summed E-state index contributed by atoms with van der Waals surface area (Å²) in [5, 5.41) is 23.6. The number of hydrogen-bond acceptors (Lipinski definition) is 6.